The van der Waals surface area contributed by atoms with Gasteiger partial charge in [0, 0.05) is 0 Å². The van der Waals surface area contributed by atoms with Crippen molar-refractivity contribution < 1.29 is 14.6 Å². The highest BCUT2D eigenvalue weighted by atomic mass is 16.5. The molecule has 0 saturated carbocycles. The van der Waals surface area contributed by atoms with Gasteiger partial charge in [0.15, 0.2) is 5.78 Å². The predicted molar refractivity (Wildman–Crippen MR) is 78.7 cm³/mol. The molecule has 2 aliphatic carbocycles. The largest absolute Gasteiger partial charge is 0.507 e. The number of aromatic hydroxyl groups is 1. The highest BCUT2D eigenvalue weighted by Gasteiger charge is 2.36. The maximum atomic E-state index is 12.4. The van der Waals surface area contributed by atoms with E-state index in [1.807, 2.05) is 38.1 Å². The van der Waals surface area contributed by atoms with Crippen LogP contribution >= 0.6 is 0 Å². The maximum absolute atomic E-state index is 12.4. The average Bonchev–Trinajstić information content (AvgIpc) is 2.49. The Labute approximate surface area is 119 Å². The number of carbonyl (C=O) groups is 1. The molecule has 2 atom stereocenters. The molecular weight excluding hydrogens is 252 g/mol. The summed E-state index contributed by atoms with van der Waals surface area (Å²) in [6, 6.07) is 5.26. The van der Waals surface area contributed by atoms with Crippen LogP contribution in [0.1, 0.15) is 29.8 Å². The topological polar surface area (TPSA) is 46.5 Å². The van der Waals surface area contributed by atoms with Crippen molar-refractivity contribution in [2.24, 2.45) is 11.8 Å². The van der Waals surface area contributed by atoms with Crippen LogP contribution < -0.4 is 0 Å². The number of Topliss-reactive ketones (excluding diaryl/α,β-unsaturated/α-hetero) is 1. The van der Waals surface area contributed by atoms with Crippen LogP contribution in [0.4, 0.5) is 0 Å². The zero-order chi connectivity index (χ0) is 14.7. The van der Waals surface area contributed by atoms with E-state index < -0.39 is 0 Å². The van der Waals surface area contributed by atoms with Crippen LogP contribution in [0.2, 0.25) is 0 Å². The van der Waals surface area contributed by atoms with Crippen molar-refractivity contribution >= 4 is 5.78 Å². The number of allylic oxidation sites excluding steroid dienone is 3. The van der Waals surface area contributed by atoms with E-state index in [-0.39, 0.29) is 23.4 Å². The van der Waals surface area contributed by atoms with Gasteiger partial charge >= 0.3 is 0 Å². The number of benzene rings is 1. The minimum absolute atomic E-state index is 0.0155. The number of methoxy groups -OCH3 is 1. The predicted octanol–water partition coefficient (Wildman–Crippen LogP) is 3.49. The molecule has 0 heterocycles. The van der Waals surface area contributed by atoms with Crippen LogP contribution in [-0.2, 0) is 11.2 Å². The number of fused-ring (bicyclic) bond motifs is 2. The molecule has 20 heavy (non-hydrogen) atoms. The van der Waals surface area contributed by atoms with Gasteiger partial charge in [-0.05, 0) is 36.1 Å². The molecule has 0 spiro atoms. The van der Waals surface area contributed by atoms with Gasteiger partial charge in [0.25, 0.3) is 0 Å². The molecule has 0 aromatic heterocycles. The molecule has 1 aromatic carbocycles. The third-order valence-electron chi connectivity index (χ3n) is 3.68. The van der Waals surface area contributed by atoms with E-state index in [0.717, 1.165) is 12.0 Å². The van der Waals surface area contributed by atoms with Crippen molar-refractivity contribution in [2.45, 2.75) is 20.3 Å². The number of phenols is 1. The molecule has 3 heteroatoms. The molecule has 0 amide bonds. The lowest BCUT2D eigenvalue weighted by atomic mass is 9.73. The number of ketones is 1. The Kier molecular flexibility index (Phi) is 4.28. The van der Waals surface area contributed by atoms with E-state index >= 15 is 0 Å². The van der Waals surface area contributed by atoms with Gasteiger partial charge in [-0.2, -0.15) is 0 Å². The van der Waals surface area contributed by atoms with Gasteiger partial charge < -0.3 is 9.84 Å². The van der Waals surface area contributed by atoms with E-state index in [9.17, 15) is 9.90 Å². The lowest BCUT2D eigenvalue weighted by molar-refractivity contribution is 0.0900. The van der Waals surface area contributed by atoms with Gasteiger partial charge in [-0.3, -0.25) is 4.79 Å². The van der Waals surface area contributed by atoms with Crippen LogP contribution in [0.15, 0.2) is 42.2 Å². The standard InChI is InChI=1S/C15H14O3.C2H6/c1-18-11-6-5-9-7-10-3-2-4-13(16)14(10)15(17)12(9)8-11;1-2/h2-6,8-9,12,16H,7H2,1H3;1-2H3. The fourth-order valence-corrected chi connectivity index (χ4v) is 2.76. The van der Waals surface area contributed by atoms with Gasteiger partial charge in [-0.1, -0.05) is 32.1 Å². The van der Waals surface area contributed by atoms with Crippen molar-refractivity contribution in [3.63, 3.8) is 0 Å². The van der Waals surface area contributed by atoms with Crippen LogP contribution in [-0.4, -0.2) is 18.0 Å². The first-order valence-corrected chi connectivity index (χ1v) is 7.00. The Hall–Kier alpha value is -2.03. The normalized spacial score (nSPS) is 22.9. The van der Waals surface area contributed by atoms with Crippen molar-refractivity contribution in [3.8, 4) is 5.75 Å². The zero-order valence-corrected chi connectivity index (χ0v) is 12.1. The third kappa shape index (κ3) is 2.36. The summed E-state index contributed by atoms with van der Waals surface area (Å²) in [5.41, 5.74) is 1.40. The summed E-state index contributed by atoms with van der Waals surface area (Å²) in [5.74, 6) is 0.732. The van der Waals surface area contributed by atoms with Gasteiger partial charge in [-0.25, -0.2) is 0 Å². The van der Waals surface area contributed by atoms with Crippen molar-refractivity contribution in [3.05, 3.63) is 53.3 Å². The van der Waals surface area contributed by atoms with Crippen LogP contribution in [0, 0.1) is 11.8 Å². The molecule has 0 saturated heterocycles. The number of ether oxygens (including phenoxy) is 1. The Morgan fingerprint density at radius 3 is 2.75 bits per heavy atom. The first-order chi connectivity index (χ1) is 9.70. The van der Waals surface area contributed by atoms with E-state index in [4.69, 9.17) is 4.74 Å². The number of rotatable bonds is 1. The zero-order valence-electron chi connectivity index (χ0n) is 12.1. The van der Waals surface area contributed by atoms with Gasteiger partial charge in [0.2, 0.25) is 0 Å². The molecule has 3 nitrogen and oxygen atoms in total. The molecular formula is C17H20O3. The molecule has 1 aromatic rings. The minimum atomic E-state index is -0.217. The van der Waals surface area contributed by atoms with Gasteiger partial charge in [-0.15, -0.1) is 0 Å². The molecule has 1 N–H and O–H groups in total. The summed E-state index contributed by atoms with van der Waals surface area (Å²) < 4.78 is 5.17. The monoisotopic (exact) mass is 272 g/mol. The lowest BCUT2D eigenvalue weighted by Gasteiger charge is -2.30. The molecule has 3 rings (SSSR count). The van der Waals surface area contributed by atoms with Crippen molar-refractivity contribution in [2.75, 3.05) is 7.11 Å². The molecule has 0 aliphatic heterocycles. The first kappa shape index (κ1) is 14.4. The highest BCUT2D eigenvalue weighted by Crippen LogP contribution is 2.38. The second kappa shape index (κ2) is 5.95. The molecule has 2 unspecified atom stereocenters. The summed E-state index contributed by atoms with van der Waals surface area (Å²) in [6.45, 7) is 4.00. The number of phenolic OH excluding ortho intramolecular Hbond substituents is 1. The Morgan fingerprint density at radius 1 is 1.30 bits per heavy atom. The van der Waals surface area contributed by atoms with Gasteiger partial charge in [0.05, 0.1) is 18.6 Å². The molecule has 0 radical (unpaired) electrons. The van der Waals surface area contributed by atoms with E-state index in [1.165, 1.54) is 0 Å². The summed E-state index contributed by atoms with van der Waals surface area (Å²) in [4.78, 5) is 12.4. The lowest BCUT2D eigenvalue weighted by Crippen LogP contribution is -2.31. The summed E-state index contributed by atoms with van der Waals surface area (Å²) in [6.07, 6.45) is 6.56. The third-order valence-corrected chi connectivity index (χ3v) is 3.68. The molecule has 2 aliphatic rings. The Balaban J connectivity index is 0.000000704. The molecule has 0 fully saturated rings. The SMILES string of the molecule is CC.COC1=CC2C(=O)c3c(O)cccc3CC2C=C1. The van der Waals surface area contributed by atoms with Gasteiger partial charge in [0.1, 0.15) is 11.5 Å². The van der Waals surface area contributed by atoms with Crippen LogP contribution in [0.25, 0.3) is 0 Å². The van der Waals surface area contributed by atoms with E-state index in [0.29, 0.717) is 11.3 Å². The summed E-state index contributed by atoms with van der Waals surface area (Å²) in [7, 11) is 1.59. The number of carbonyl (C=O) groups excluding carboxylic acids is 1. The second-order valence-corrected chi connectivity index (χ2v) is 4.70. The Morgan fingerprint density at radius 2 is 2.05 bits per heavy atom. The van der Waals surface area contributed by atoms with Crippen LogP contribution in [0.5, 0.6) is 5.75 Å². The van der Waals surface area contributed by atoms with E-state index in [2.05, 4.69) is 0 Å². The maximum Gasteiger partial charge on any atom is 0.174 e. The quantitative estimate of drug-likeness (QED) is 0.851. The first-order valence-electron chi connectivity index (χ1n) is 7.00. The highest BCUT2D eigenvalue weighted by molar-refractivity contribution is 6.04. The minimum Gasteiger partial charge on any atom is -0.507 e. The fourth-order valence-electron chi connectivity index (χ4n) is 2.76. The number of hydrogen-bond donors (Lipinski definition) is 1. The molecule has 0 bridgehead atoms. The van der Waals surface area contributed by atoms with Crippen molar-refractivity contribution in [1.29, 1.82) is 0 Å². The smallest absolute Gasteiger partial charge is 0.174 e. The molecule has 106 valence electrons. The Bertz CT molecular complexity index is 570. The number of hydrogen-bond acceptors (Lipinski definition) is 3. The van der Waals surface area contributed by atoms with E-state index in [1.54, 1.807) is 19.2 Å². The summed E-state index contributed by atoms with van der Waals surface area (Å²) >= 11 is 0. The summed E-state index contributed by atoms with van der Waals surface area (Å²) in [5, 5.41) is 9.85. The van der Waals surface area contributed by atoms with Crippen molar-refractivity contribution in [1.82, 2.24) is 0 Å². The van der Waals surface area contributed by atoms with Crippen LogP contribution in [0.3, 0.4) is 0 Å². The fraction of sp³-hybridized carbons (Fsp3) is 0.353. The second-order valence-electron chi connectivity index (χ2n) is 4.70. The average molecular weight is 272 g/mol.